The Labute approximate surface area is 197 Å². The highest BCUT2D eigenvalue weighted by molar-refractivity contribution is 8.14. The molecule has 1 aliphatic heterocycles. The summed E-state index contributed by atoms with van der Waals surface area (Å²) in [4.78, 5) is 15.0. The van der Waals surface area contributed by atoms with E-state index in [1.165, 1.54) is 47.7 Å². The highest BCUT2D eigenvalue weighted by Crippen LogP contribution is 2.23. The Kier molecular flexibility index (Phi) is 8.58. The number of carbonyl (C=O) groups excluding carboxylic acids is 1. The molecule has 0 atom stereocenters. The highest BCUT2D eigenvalue weighted by atomic mass is 32.2. The van der Waals surface area contributed by atoms with Crippen molar-refractivity contribution in [2.24, 2.45) is 5.92 Å². The van der Waals surface area contributed by atoms with Gasteiger partial charge >= 0.3 is 0 Å². The van der Waals surface area contributed by atoms with Crippen molar-refractivity contribution in [2.45, 2.75) is 38.6 Å². The van der Waals surface area contributed by atoms with Gasteiger partial charge in [-0.25, -0.2) is 0 Å². The maximum atomic E-state index is 12.5. The SMILES string of the molecule is O=C(SCCCc1ccccc1)c1ccc(CN2CCC(Cc3ccccc3)CC2)cc1. The van der Waals surface area contributed by atoms with Crippen LogP contribution in [0.4, 0.5) is 0 Å². The number of hydrogen-bond acceptors (Lipinski definition) is 3. The summed E-state index contributed by atoms with van der Waals surface area (Å²) in [6.45, 7) is 3.31. The van der Waals surface area contributed by atoms with Crippen molar-refractivity contribution in [3.05, 3.63) is 107 Å². The van der Waals surface area contributed by atoms with Crippen molar-refractivity contribution < 1.29 is 4.79 Å². The van der Waals surface area contributed by atoms with Crippen LogP contribution < -0.4 is 0 Å². The summed E-state index contributed by atoms with van der Waals surface area (Å²) in [5, 5.41) is 0.186. The first-order chi connectivity index (χ1) is 15.8. The maximum Gasteiger partial charge on any atom is 0.219 e. The zero-order chi connectivity index (χ0) is 22.0. The number of aryl methyl sites for hydroxylation is 1. The second-order valence-electron chi connectivity index (χ2n) is 8.83. The zero-order valence-electron chi connectivity index (χ0n) is 18.8. The Hall–Kier alpha value is -2.36. The zero-order valence-corrected chi connectivity index (χ0v) is 19.6. The third-order valence-corrected chi connectivity index (χ3v) is 7.35. The lowest BCUT2D eigenvalue weighted by Gasteiger charge is -2.32. The van der Waals surface area contributed by atoms with Gasteiger partial charge in [0.1, 0.15) is 0 Å². The summed E-state index contributed by atoms with van der Waals surface area (Å²) in [5.74, 6) is 1.67. The van der Waals surface area contributed by atoms with E-state index in [1.54, 1.807) is 0 Å². The smallest absolute Gasteiger partial charge is 0.219 e. The number of thioether (sulfide) groups is 1. The Bertz CT molecular complexity index is 947. The van der Waals surface area contributed by atoms with Crippen molar-refractivity contribution in [3.8, 4) is 0 Å². The summed E-state index contributed by atoms with van der Waals surface area (Å²) >= 11 is 1.44. The molecule has 0 radical (unpaired) electrons. The van der Waals surface area contributed by atoms with Gasteiger partial charge in [0.15, 0.2) is 0 Å². The lowest BCUT2D eigenvalue weighted by atomic mass is 9.90. The average Bonchev–Trinajstić information content (AvgIpc) is 2.85. The predicted octanol–water partition coefficient (Wildman–Crippen LogP) is 6.65. The van der Waals surface area contributed by atoms with E-state index >= 15 is 0 Å². The molecular formula is C29H33NOS. The first-order valence-electron chi connectivity index (χ1n) is 11.8. The van der Waals surface area contributed by atoms with Gasteiger partial charge in [-0.3, -0.25) is 9.69 Å². The fourth-order valence-corrected chi connectivity index (χ4v) is 5.25. The van der Waals surface area contributed by atoms with E-state index in [0.29, 0.717) is 0 Å². The first-order valence-corrected chi connectivity index (χ1v) is 12.8. The lowest BCUT2D eigenvalue weighted by molar-refractivity contribution is 0.108. The molecule has 166 valence electrons. The van der Waals surface area contributed by atoms with E-state index in [0.717, 1.165) is 49.7 Å². The third kappa shape index (κ3) is 7.08. The molecule has 0 amide bonds. The molecule has 1 saturated heterocycles. The molecule has 1 aliphatic rings. The number of hydrogen-bond donors (Lipinski definition) is 0. The van der Waals surface area contributed by atoms with Gasteiger partial charge in [0.05, 0.1) is 0 Å². The van der Waals surface area contributed by atoms with Crippen LogP contribution in [0.5, 0.6) is 0 Å². The topological polar surface area (TPSA) is 20.3 Å². The minimum atomic E-state index is 0.186. The van der Waals surface area contributed by atoms with Crippen LogP contribution in [0.15, 0.2) is 84.9 Å². The molecule has 0 aromatic heterocycles. The van der Waals surface area contributed by atoms with E-state index in [2.05, 4.69) is 71.6 Å². The van der Waals surface area contributed by atoms with Crippen LogP contribution in [0.3, 0.4) is 0 Å². The molecule has 3 aromatic rings. The van der Waals surface area contributed by atoms with Crippen molar-refractivity contribution in [1.82, 2.24) is 4.90 Å². The maximum absolute atomic E-state index is 12.5. The second-order valence-corrected chi connectivity index (χ2v) is 9.90. The molecule has 4 rings (SSSR count). The van der Waals surface area contributed by atoms with Gasteiger partial charge in [-0.1, -0.05) is 96.7 Å². The van der Waals surface area contributed by atoms with Crippen molar-refractivity contribution in [1.29, 1.82) is 0 Å². The molecule has 0 aliphatic carbocycles. The number of carbonyl (C=O) groups is 1. The van der Waals surface area contributed by atoms with Crippen LogP contribution in [0, 0.1) is 5.92 Å². The van der Waals surface area contributed by atoms with Crippen LogP contribution in [0.25, 0.3) is 0 Å². The summed E-state index contributed by atoms with van der Waals surface area (Å²) in [6, 6.07) is 29.6. The molecule has 3 heteroatoms. The second kappa shape index (κ2) is 12.0. The van der Waals surface area contributed by atoms with Gasteiger partial charge in [0.2, 0.25) is 5.12 Å². The molecule has 1 heterocycles. The molecule has 1 fully saturated rings. The van der Waals surface area contributed by atoms with Gasteiger partial charge in [-0.05, 0) is 67.8 Å². The van der Waals surface area contributed by atoms with Crippen LogP contribution >= 0.6 is 11.8 Å². The molecule has 0 unspecified atom stereocenters. The fraction of sp³-hybridized carbons (Fsp3) is 0.345. The Morgan fingerprint density at radius 2 is 1.41 bits per heavy atom. The minimum Gasteiger partial charge on any atom is -0.299 e. The van der Waals surface area contributed by atoms with Crippen LogP contribution in [-0.4, -0.2) is 28.9 Å². The van der Waals surface area contributed by atoms with Crippen molar-refractivity contribution >= 4 is 16.9 Å². The van der Waals surface area contributed by atoms with Crippen molar-refractivity contribution in [2.75, 3.05) is 18.8 Å². The largest absolute Gasteiger partial charge is 0.299 e. The Balaban J connectivity index is 1.16. The highest BCUT2D eigenvalue weighted by Gasteiger charge is 2.19. The van der Waals surface area contributed by atoms with Crippen LogP contribution in [-0.2, 0) is 19.4 Å². The molecule has 3 aromatic carbocycles. The molecular weight excluding hydrogens is 410 g/mol. The lowest BCUT2D eigenvalue weighted by Crippen LogP contribution is -2.33. The molecule has 0 spiro atoms. The summed E-state index contributed by atoms with van der Waals surface area (Å²) in [6.07, 6.45) is 5.80. The number of rotatable bonds is 9. The van der Waals surface area contributed by atoms with E-state index in [4.69, 9.17) is 0 Å². The van der Waals surface area contributed by atoms with E-state index in [9.17, 15) is 4.79 Å². The van der Waals surface area contributed by atoms with Gasteiger partial charge in [0.25, 0.3) is 0 Å². The molecule has 0 saturated carbocycles. The van der Waals surface area contributed by atoms with Gasteiger partial charge < -0.3 is 0 Å². The molecule has 0 N–H and O–H groups in total. The summed E-state index contributed by atoms with van der Waals surface area (Å²) in [5.41, 5.74) is 4.93. The molecule has 32 heavy (non-hydrogen) atoms. The van der Waals surface area contributed by atoms with Crippen LogP contribution in [0.2, 0.25) is 0 Å². The predicted molar refractivity (Wildman–Crippen MR) is 136 cm³/mol. The molecule has 0 bridgehead atoms. The summed E-state index contributed by atoms with van der Waals surface area (Å²) in [7, 11) is 0. The number of nitrogens with zero attached hydrogens (tertiary/aromatic N) is 1. The quantitative estimate of drug-likeness (QED) is 0.345. The van der Waals surface area contributed by atoms with E-state index in [1.807, 2.05) is 18.2 Å². The number of piperidine rings is 1. The standard InChI is InChI=1S/C29H33NOS/c31-29(32-21-7-12-24-8-3-1-4-9-24)28-15-13-27(14-16-28)23-30-19-17-26(18-20-30)22-25-10-5-2-6-11-25/h1-6,8-11,13-16,26H,7,12,17-23H2. The van der Waals surface area contributed by atoms with Crippen molar-refractivity contribution in [3.63, 3.8) is 0 Å². The first kappa shape index (κ1) is 22.8. The van der Waals surface area contributed by atoms with Gasteiger partial charge in [0, 0.05) is 17.9 Å². The fourth-order valence-electron chi connectivity index (χ4n) is 4.47. The normalized spacial score (nSPS) is 15.0. The van der Waals surface area contributed by atoms with Gasteiger partial charge in [-0.2, -0.15) is 0 Å². The Morgan fingerprint density at radius 3 is 2.06 bits per heavy atom. The van der Waals surface area contributed by atoms with Gasteiger partial charge in [-0.15, -0.1) is 0 Å². The van der Waals surface area contributed by atoms with E-state index < -0.39 is 0 Å². The number of likely N-dealkylation sites (tertiary alicyclic amines) is 1. The molecule has 2 nitrogen and oxygen atoms in total. The monoisotopic (exact) mass is 443 g/mol. The minimum absolute atomic E-state index is 0.186. The number of benzene rings is 3. The van der Waals surface area contributed by atoms with E-state index in [-0.39, 0.29) is 5.12 Å². The third-order valence-electron chi connectivity index (χ3n) is 6.36. The summed E-state index contributed by atoms with van der Waals surface area (Å²) < 4.78 is 0. The average molecular weight is 444 g/mol. The van der Waals surface area contributed by atoms with Crippen LogP contribution in [0.1, 0.15) is 46.3 Å². The Morgan fingerprint density at radius 1 is 0.781 bits per heavy atom.